The molecule has 1 aliphatic rings. The minimum atomic E-state index is -4.03. The number of aryl methyl sites for hydroxylation is 2. The first kappa shape index (κ1) is 26.2. The van der Waals surface area contributed by atoms with Crippen molar-refractivity contribution in [1.29, 1.82) is 0 Å². The Bertz CT molecular complexity index is 1420. The van der Waals surface area contributed by atoms with E-state index in [4.69, 9.17) is 21.1 Å². The summed E-state index contributed by atoms with van der Waals surface area (Å²) in [6.45, 7) is 4.08. The van der Waals surface area contributed by atoms with E-state index in [1.165, 1.54) is 19.2 Å². The molecule has 0 radical (unpaired) electrons. The molecule has 0 aliphatic carbocycles. The Morgan fingerprint density at radius 3 is 2.39 bits per heavy atom. The first-order valence-corrected chi connectivity index (χ1v) is 13.4. The Balaban J connectivity index is 1.56. The lowest BCUT2D eigenvalue weighted by molar-refractivity contribution is -0.146. The van der Waals surface area contributed by atoms with Crippen molar-refractivity contribution in [3.63, 3.8) is 0 Å². The summed E-state index contributed by atoms with van der Waals surface area (Å²) < 4.78 is 37.3. The highest BCUT2D eigenvalue weighted by molar-refractivity contribution is 7.93. The van der Waals surface area contributed by atoms with Crippen molar-refractivity contribution < 1.29 is 27.5 Å². The van der Waals surface area contributed by atoms with Gasteiger partial charge in [0.1, 0.15) is 5.69 Å². The third kappa shape index (κ3) is 4.40. The Morgan fingerprint density at radius 2 is 1.78 bits per heavy atom. The first-order valence-electron chi connectivity index (χ1n) is 11.6. The molecule has 192 valence electrons. The summed E-state index contributed by atoms with van der Waals surface area (Å²) in [6, 6.07) is 11.4. The van der Waals surface area contributed by atoms with E-state index in [1.54, 1.807) is 22.8 Å². The highest BCUT2D eigenvalue weighted by Gasteiger charge is 2.53. The molecular formula is C26H29ClN2O6S. The van der Waals surface area contributed by atoms with Gasteiger partial charge in [0.05, 0.1) is 28.6 Å². The zero-order chi connectivity index (χ0) is 26.3. The average Bonchev–Trinajstić information content (AvgIpc) is 3.20. The molecule has 1 fully saturated rings. The van der Waals surface area contributed by atoms with Crippen molar-refractivity contribution in [2.75, 3.05) is 20.3 Å². The van der Waals surface area contributed by atoms with Gasteiger partial charge < -0.3 is 19.4 Å². The van der Waals surface area contributed by atoms with Crippen LogP contribution >= 0.6 is 11.6 Å². The second kappa shape index (κ2) is 9.88. The molecule has 1 aliphatic heterocycles. The zero-order valence-electron chi connectivity index (χ0n) is 20.6. The topological polar surface area (TPSA) is 104 Å². The summed E-state index contributed by atoms with van der Waals surface area (Å²) >= 11 is 6.37. The van der Waals surface area contributed by atoms with Crippen LogP contribution in [-0.4, -0.2) is 49.9 Å². The normalized spacial score (nSPS) is 16.5. The lowest BCUT2D eigenvalue weighted by atomic mass is 9.99. The lowest BCUT2D eigenvalue weighted by Crippen LogP contribution is -2.51. The van der Waals surface area contributed by atoms with Crippen LogP contribution in [0.25, 0.3) is 10.9 Å². The number of nitrogens with one attached hydrogen (secondary N) is 1. The standard InChI is InChI=1S/C26H29ClN2O6S/c1-16-13-21(27)20-15-23(29(3)22(20)14-16)24(30)28-17(2)18-5-7-19(8-6-18)36(32,33)26(25(31)34-4)9-11-35-12-10-26/h5-8,13-15,17H,9-12H2,1-4H3,(H,28,30). The van der Waals surface area contributed by atoms with Gasteiger partial charge in [-0.1, -0.05) is 23.7 Å². The monoisotopic (exact) mass is 532 g/mol. The van der Waals surface area contributed by atoms with Gasteiger partial charge in [-0.3, -0.25) is 9.59 Å². The number of ether oxygens (including phenoxy) is 2. The summed E-state index contributed by atoms with van der Waals surface area (Å²) in [7, 11) is -1.03. The number of carbonyl (C=O) groups is 2. The Morgan fingerprint density at radius 1 is 1.14 bits per heavy atom. The molecule has 36 heavy (non-hydrogen) atoms. The molecule has 0 spiro atoms. The molecule has 0 bridgehead atoms. The van der Waals surface area contributed by atoms with E-state index in [1.807, 2.05) is 33.0 Å². The summed E-state index contributed by atoms with van der Waals surface area (Å²) in [5, 5.41) is 4.34. The molecule has 10 heteroatoms. The molecule has 1 saturated heterocycles. The second-order valence-corrected chi connectivity index (χ2v) is 11.8. The van der Waals surface area contributed by atoms with Crippen molar-refractivity contribution in [2.45, 2.75) is 42.4 Å². The molecule has 2 aromatic carbocycles. The van der Waals surface area contributed by atoms with Crippen LogP contribution in [-0.2, 0) is 31.2 Å². The van der Waals surface area contributed by atoms with E-state index in [2.05, 4.69) is 5.32 Å². The van der Waals surface area contributed by atoms with Crippen LogP contribution in [0.2, 0.25) is 5.02 Å². The fourth-order valence-corrected chi connectivity index (χ4v) is 7.00. The first-order chi connectivity index (χ1) is 17.0. The van der Waals surface area contributed by atoms with Gasteiger partial charge >= 0.3 is 5.97 Å². The predicted molar refractivity (Wildman–Crippen MR) is 137 cm³/mol. The maximum atomic E-state index is 13.5. The SMILES string of the molecule is COC(=O)C1(S(=O)(=O)c2ccc(C(C)NC(=O)c3cc4c(Cl)cc(C)cc4n3C)cc2)CCOCC1. The number of methoxy groups -OCH3 is 1. The second-order valence-electron chi connectivity index (χ2n) is 9.13. The predicted octanol–water partition coefficient (Wildman–Crippen LogP) is 4.13. The molecule has 0 saturated carbocycles. The van der Waals surface area contributed by atoms with E-state index in [0.29, 0.717) is 16.3 Å². The molecule has 1 atom stereocenters. The number of sulfone groups is 1. The fourth-order valence-electron chi connectivity index (χ4n) is 4.72. The summed E-state index contributed by atoms with van der Waals surface area (Å²) in [5.41, 5.74) is 3.04. The van der Waals surface area contributed by atoms with Crippen molar-refractivity contribution in [3.8, 4) is 0 Å². The maximum absolute atomic E-state index is 13.5. The van der Waals surface area contributed by atoms with E-state index in [-0.39, 0.29) is 36.9 Å². The Labute approximate surface area is 215 Å². The minimum absolute atomic E-state index is 0.0239. The molecule has 2 heterocycles. The smallest absolute Gasteiger partial charge is 0.327 e. The Kier molecular flexibility index (Phi) is 7.19. The van der Waals surface area contributed by atoms with Crippen LogP contribution in [0.5, 0.6) is 0 Å². The van der Waals surface area contributed by atoms with Crippen LogP contribution < -0.4 is 5.32 Å². The van der Waals surface area contributed by atoms with Crippen LogP contribution in [0, 0.1) is 6.92 Å². The largest absolute Gasteiger partial charge is 0.468 e. The number of amides is 1. The zero-order valence-corrected chi connectivity index (χ0v) is 22.2. The van der Waals surface area contributed by atoms with Crippen LogP contribution in [0.4, 0.5) is 0 Å². The molecule has 4 rings (SSSR count). The summed E-state index contributed by atoms with van der Waals surface area (Å²) in [4.78, 5) is 25.6. The minimum Gasteiger partial charge on any atom is -0.468 e. The molecular weight excluding hydrogens is 504 g/mol. The number of carbonyl (C=O) groups excluding carboxylic acids is 2. The summed E-state index contributed by atoms with van der Waals surface area (Å²) in [5.74, 6) is -1.06. The number of aromatic nitrogens is 1. The highest BCUT2D eigenvalue weighted by Crippen LogP contribution is 2.36. The molecule has 1 N–H and O–H groups in total. The average molecular weight is 533 g/mol. The van der Waals surface area contributed by atoms with Gasteiger partial charge in [0.15, 0.2) is 14.6 Å². The van der Waals surface area contributed by atoms with Crippen molar-refractivity contribution in [3.05, 3.63) is 64.3 Å². The lowest BCUT2D eigenvalue weighted by Gasteiger charge is -2.33. The van der Waals surface area contributed by atoms with Crippen molar-refractivity contribution in [2.24, 2.45) is 7.05 Å². The van der Waals surface area contributed by atoms with E-state index < -0.39 is 26.6 Å². The van der Waals surface area contributed by atoms with Gasteiger partial charge in [-0.05, 0) is 55.3 Å². The van der Waals surface area contributed by atoms with E-state index >= 15 is 0 Å². The molecule has 1 aromatic heterocycles. The van der Waals surface area contributed by atoms with Gasteiger partial charge in [0.25, 0.3) is 5.91 Å². The van der Waals surface area contributed by atoms with Gasteiger partial charge in [0, 0.05) is 38.5 Å². The van der Waals surface area contributed by atoms with Crippen LogP contribution in [0.15, 0.2) is 47.4 Å². The number of benzene rings is 2. The number of esters is 1. The number of rotatable bonds is 6. The molecule has 1 amide bonds. The number of hydrogen-bond donors (Lipinski definition) is 1. The number of fused-ring (bicyclic) bond motifs is 1. The van der Waals surface area contributed by atoms with E-state index in [9.17, 15) is 18.0 Å². The summed E-state index contributed by atoms with van der Waals surface area (Å²) in [6.07, 6.45) is 0.0650. The molecule has 3 aromatic rings. The Hall–Kier alpha value is -2.88. The van der Waals surface area contributed by atoms with Crippen LogP contribution in [0.3, 0.4) is 0 Å². The number of hydrogen-bond acceptors (Lipinski definition) is 6. The fraction of sp³-hybridized carbons (Fsp3) is 0.385. The van der Waals surface area contributed by atoms with Gasteiger partial charge in [-0.15, -0.1) is 0 Å². The third-order valence-electron chi connectivity index (χ3n) is 6.90. The van der Waals surface area contributed by atoms with Crippen molar-refractivity contribution >= 4 is 44.2 Å². The van der Waals surface area contributed by atoms with Crippen LogP contribution in [0.1, 0.15) is 47.4 Å². The molecule has 1 unspecified atom stereocenters. The number of halogens is 1. The van der Waals surface area contributed by atoms with Gasteiger partial charge in [-0.2, -0.15) is 0 Å². The third-order valence-corrected chi connectivity index (χ3v) is 9.71. The van der Waals surface area contributed by atoms with E-state index in [0.717, 1.165) is 16.5 Å². The highest BCUT2D eigenvalue weighted by atomic mass is 35.5. The van der Waals surface area contributed by atoms with Gasteiger partial charge in [0.2, 0.25) is 0 Å². The van der Waals surface area contributed by atoms with Gasteiger partial charge in [-0.25, -0.2) is 8.42 Å². The number of nitrogens with zero attached hydrogens (tertiary/aromatic N) is 1. The maximum Gasteiger partial charge on any atom is 0.327 e. The van der Waals surface area contributed by atoms with Crippen molar-refractivity contribution in [1.82, 2.24) is 9.88 Å². The quantitative estimate of drug-likeness (QED) is 0.479. The molecule has 8 nitrogen and oxygen atoms in total.